The van der Waals surface area contributed by atoms with Crippen LogP contribution < -0.4 is 5.32 Å². The van der Waals surface area contributed by atoms with Gasteiger partial charge in [0.2, 0.25) is 6.41 Å². The van der Waals surface area contributed by atoms with Gasteiger partial charge in [0, 0.05) is 23.9 Å². The number of aromatic nitrogens is 1. The summed E-state index contributed by atoms with van der Waals surface area (Å²) in [4.78, 5) is 40.3. The number of hydroxylamine groups is 2. The summed E-state index contributed by atoms with van der Waals surface area (Å²) < 4.78 is 0. The Morgan fingerprint density at radius 2 is 2.08 bits per heavy atom. The number of hydrogen-bond donors (Lipinski definition) is 2. The number of hydrogen-bond acceptors (Lipinski definition) is 5. The molecule has 0 spiro atoms. The second kappa shape index (κ2) is 10.7. The van der Waals surface area contributed by atoms with Gasteiger partial charge in [0.1, 0.15) is 0 Å². The molecule has 0 radical (unpaired) electrons. The van der Waals surface area contributed by atoms with Crippen molar-refractivity contribution in [1.29, 1.82) is 0 Å². The fourth-order valence-corrected chi connectivity index (χ4v) is 2.81. The third-order valence-electron chi connectivity index (χ3n) is 4.36. The topological polar surface area (TPSA) is 99.6 Å². The lowest BCUT2D eigenvalue weighted by molar-refractivity contribution is -0.154. The van der Waals surface area contributed by atoms with Gasteiger partial charge in [-0.1, -0.05) is 33.6 Å². The molecule has 2 amide bonds. The first-order chi connectivity index (χ1) is 12.3. The number of amides is 2. The molecule has 1 aromatic rings. The van der Waals surface area contributed by atoms with Crippen molar-refractivity contribution in [3.8, 4) is 0 Å². The van der Waals surface area contributed by atoms with Gasteiger partial charge < -0.3 is 5.32 Å². The average Bonchev–Trinajstić information content (AvgIpc) is 2.62. The molecule has 7 heteroatoms. The predicted octanol–water partition coefficient (Wildman–Crippen LogP) is 2.37. The number of aryl methyl sites for hydroxylation is 1. The van der Waals surface area contributed by atoms with E-state index in [2.05, 4.69) is 10.3 Å². The highest BCUT2D eigenvalue weighted by Gasteiger charge is 2.31. The Labute approximate surface area is 154 Å². The van der Waals surface area contributed by atoms with Crippen molar-refractivity contribution in [2.24, 2.45) is 11.8 Å². The van der Waals surface area contributed by atoms with Gasteiger partial charge in [0.15, 0.2) is 5.78 Å². The van der Waals surface area contributed by atoms with E-state index in [1.807, 2.05) is 20.8 Å². The third-order valence-corrected chi connectivity index (χ3v) is 4.36. The van der Waals surface area contributed by atoms with E-state index >= 15 is 0 Å². The van der Waals surface area contributed by atoms with Crippen LogP contribution >= 0.6 is 0 Å². The normalized spacial score (nSPS) is 13.2. The van der Waals surface area contributed by atoms with Gasteiger partial charge in [-0.15, -0.1) is 0 Å². The van der Waals surface area contributed by atoms with Crippen molar-refractivity contribution in [3.63, 3.8) is 0 Å². The number of carbonyl (C=O) groups is 3. The summed E-state index contributed by atoms with van der Waals surface area (Å²) in [6, 6.07) is 0.917. The zero-order valence-corrected chi connectivity index (χ0v) is 15.9. The van der Waals surface area contributed by atoms with Crippen molar-refractivity contribution < 1.29 is 19.6 Å². The number of carbonyl (C=O) groups excluding carboxylic acids is 3. The summed E-state index contributed by atoms with van der Waals surface area (Å²) >= 11 is 0. The van der Waals surface area contributed by atoms with E-state index in [-0.39, 0.29) is 30.6 Å². The highest BCUT2D eigenvalue weighted by atomic mass is 16.5. The number of unbranched alkanes of at least 4 members (excludes halogenated alkanes) is 1. The van der Waals surface area contributed by atoms with Crippen LogP contribution in [0.3, 0.4) is 0 Å². The maximum atomic E-state index is 13.0. The molecule has 0 fully saturated rings. The Morgan fingerprint density at radius 1 is 1.38 bits per heavy atom. The zero-order valence-electron chi connectivity index (χ0n) is 15.9. The number of nitrogens with one attached hydrogen (secondary N) is 1. The van der Waals surface area contributed by atoms with Crippen LogP contribution in [0.5, 0.6) is 0 Å². The highest BCUT2D eigenvalue weighted by molar-refractivity contribution is 5.99. The van der Waals surface area contributed by atoms with Crippen molar-refractivity contribution in [1.82, 2.24) is 15.4 Å². The summed E-state index contributed by atoms with van der Waals surface area (Å²) in [7, 11) is 0. The van der Waals surface area contributed by atoms with Crippen LogP contribution in [0.4, 0.5) is 0 Å². The number of nitrogens with zero attached hydrogens (tertiary/aromatic N) is 2. The Hall–Kier alpha value is -2.28. The number of Topliss-reactive ketones (excluding diaryl/α,β-unsaturated/α-hetero) is 1. The van der Waals surface area contributed by atoms with Gasteiger partial charge in [-0.2, -0.15) is 0 Å². The maximum Gasteiger partial charge on any atom is 0.252 e. The van der Waals surface area contributed by atoms with Crippen molar-refractivity contribution in [3.05, 3.63) is 29.6 Å². The molecule has 0 aliphatic rings. The average molecular weight is 363 g/mol. The van der Waals surface area contributed by atoms with Gasteiger partial charge >= 0.3 is 0 Å². The van der Waals surface area contributed by atoms with Gasteiger partial charge in [0.25, 0.3) is 5.91 Å². The molecule has 0 aromatic carbocycles. The Bertz CT molecular complexity index is 619. The van der Waals surface area contributed by atoms with Gasteiger partial charge in [-0.3, -0.25) is 24.6 Å². The van der Waals surface area contributed by atoms with E-state index in [0.29, 0.717) is 17.0 Å². The van der Waals surface area contributed by atoms with E-state index in [0.717, 1.165) is 18.4 Å². The molecular formula is C19H29N3O4. The molecule has 2 atom stereocenters. The third kappa shape index (κ3) is 6.22. The predicted molar refractivity (Wildman–Crippen MR) is 97.6 cm³/mol. The summed E-state index contributed by atoms with van der Waals surface area (Å²) in [5, 5.41) is 12.8. The molecule has 7 nitrogen and oxygen atoms in total. The first-order valence-corrected chi connectivity index (χ1v) is 8.97. The molecule has 0 saturated carbocycles. The van der Waals surface area contributed by atoms with E-state index < -0.39 is 12.0 Å². The van der Waals surface area contributed by atoms with Crippen LogP contribution in [0.1, 0.15) is 56.0 Å². The largest absolute Gasteiger partial charge is 0.342 e. The van der Waals surface area contributed by atoms with Gasteiger partial charge in [-0.25, -0.2) is 5.06 Å². The molecule has 144 valence electrons. The van der Waals surface area contributed by atoms with Crippen molar-refractivity contribution in [2.75, 3.05) is 6.54 Å². The fraction of sp³-hybridized carbons (Fsp3) is 0.579. The lowest BCUT2D eigenvalue weighted by Gasteiger charge is -2.27. The lowest BCUT2D eigenvalue weighted by atomic mass is 9.87. The molecule has 1 rings (SSSR count). The molecule has 0 bridgehead atoms. The maximum absolute atomic E-state index is 13.0. The standard InChI is InChI=1S/C19H29N3O4/c1-5-6-7-15(11-22(26)12-23)18(24)17(13(2)3)21-19(25)16-8-9-20-10-14(16)4/h8-10,12-13,15,17,26H,5-7,11H2,1-4H3,(H,21,25)/t15-,17+/m1/s1. The molecular weight excluding hydrogens is 334 g/mol. The first-order valence-electron chi connectivity index (χ1n) is 8.97. The summed E-state index contributed by atoms with van der Waals surface area (Å²) in [6.45, 7) is 7.43. The van der Waals surface area contributed by atoms with Crippen LogP contribution in [0, 0.1) is 18.8 Å². The Kier molecular flexibility index (Phi) is 8.92. The number of pyridine rings is 1. The summed E-state index contributed by atoms with van der Waals surface area (Å²) in [5.74, 6) is -1.16. The fourth-order valence-electron chi connectivity index (χ4n) is 2.81. The number of ketones is 1. The minimum Gasteiger partial charge on any atom is -0.342 e. The van der Waals surface area contributed by atoms with Crippen LogP contribution in [0.2, 0.25) is 0 Å². The summed E-state index contributed by atoms with van der Waals surface area (Å²) in [5.41, 5.74) is 1.20. The second-order valence-electron chi connectivity index (χ2n) is 6.85. The number of rotatable bonds is 11. The van der Waals surface area contributed by atoms with E-state index in [4.69, 9.17) is 0 Å². The Balaban J connectivity index is 2.97. The molecule has 1 aromatic heterocycles. The van der Waals surface area contributed by atoms with Crippen LogP contribution in [-0.2, 0) is 9.59 Å². The molecule has 0 aliphatic carbocycles. The quantitative estimate of drug-likeness (QED) is 0.357. The molecule has 2 N–H and O–H groups in total. The highest BCUT2D eigenvalue weighted by Crippen LogP contribution is 2.18. The van der Waals surface area contributed by atoms with E-state index in [9.17, 15) is 19.6 Å². The minimum atomic E-state index is -0.697. The lowest BCUT2D eigenvalue weighted by Crippen LogP contribution is -2.48. The molecule has 0 aliphatic heterocycles. The van der Waals surface area contributed by atoms with Crippen molar-refractivity contribution in [2.45, 2.75) is 53.0 Å². The SMILES string of the molecule is CCCC[C@H](CN(O)C=O)C(=O)[C@@H](NC(=O)c1ccncc1C)C(C)C. The molecule has 26 heavy (non-hydrogen) atoms. The van der Waals surface area contributed by atoms with Gasteiger partial charge in [-0.05, 0) is 30.9 Å². The van der Waals surface area contributed by atoms with Crippen LogP contribution in [-0.4, -0.2) is 45.9 Å². The Morgan fingerprint density at radius 3 is 2.62 bits per heavy atom. The van der Waals surface area contributed by atoms with Gasteiger partial charge in [0.05, 0.1) is 12.6 Å². The van der Waals surface area contributed by atoms with E-state index in [1.165, 1.54) is 6.20 Å². The molecule has 1 heterocycles. The van der Waals surface area contributed by atoms with Crippen LogP contribution in [0.15, 0.2) is 18.5 Å². The molecule has 0 saturated heterocycles. The van der Waals surface area contributed by atoms with E-state index in [1.54, 1.807) is 19.2 Å². The zero-order chi connectivity index (χ0) is 19.7. The molecule has 0 unspecified atom stereocenters. The second-order valence-corrected chi connectivity index (χ2v) is 6.85. The van der Waals surface area contributed by atoms with Crippen molar-refractivity contribution >= 4 is 18.1 Å². The smallest absolute Gasteiger partial charge is 0.252 e. The summed E-state index contributed by atoms with van der Waals surface area (Å²) in [6.07, 6.45) is 5.66. The first kappa shape index (κ1) is 21.8. The van der Waals surface area contributed by atoms with Crippen LogP contribution in [0.25, 0.3) is 0 Å². The minimum absolute atomic E-state index is 0.0737. The monoisotopic (exact) mass is 363 g/mol.